The van der Waals surface area contributed by atoms with Crippen molar-refractivity contribution in [3.63, 3.8) is 0 Å². The molecule has 0 saturated carbocycles. The molecule has 1 heterocycles. The third-order valence-corrected chi connectivity index (χ3v) is 6.96. The van der Waals surface area contributed by atoms with Crippen LogP contribution in [0.2, 0.25) is 0 Å². The zero-order valence-corrected chi connectivity index (χ0v) is 18.2. The molecule has 0 spiro atoms. The van der Waals surface area contributed by atoms with Gasteiger partial charge in [0.1, 0.15) is 5.75 Å². The van der Waals surface area contributed by atoms with E-state index < -0.39 is 10.0 Å². The molecule has 7 nitrogen and oxygen atoms in total. The van der Waals surface area contributed by atoms with Gasteiger partial charge in [0.2, 0.25) is 10.0 Å². The van der Waals surface area contributed by atoms with E-state index >= 15 is 0 Å². The number of anilines is 1. The SMILES string of the molecule is CCCCc1ccc(C(=O)Nc2cc(S(=O)(=O)N3CCOCC3)ccc2OC)cc1. The molecule has 0 aliphatic carbocycles. The average molecular weight is 433 g/mol. The van der Waals surface area contributed by atoms with Crippen molar-refractivity contribution >= 4 is 21.6 Å². The van der Waals surface area contributed by atoms with Crippen LogP contribution in [0.25, 0.3) is 0 Å². The molecule has 3 rings (SSSR count). The van der Waals surface area contributed by atoms with Crippen LogP contribution in [-0.2, 0) is 21.2 Å². The monoisotopic (exact) mass is 432 g/mol. The lowest BCUT2D eigenvalue weighted by Gasteiger charge is -2.26. The lowest BCUT2D eigenvalue weighted by atomic mass is 10.1. The molecule has 1 aliphatic heterocycles. The van der Waals surface area contributed by atoms with E-state index in [4.69, 9.17) is 9.47 Å². The Bertz CT molecular complexity index is 968. The fourth-order valence-electron chi connectivity index (χ4n) is 3.28. The Kier molecular flexibility index (Phi) is 7.47. The smallest absolute Gasteiger partial charge is 0.255 e. The topological polar surface area (TPSA) is 84.9 Å². The molecule has 0 radical (unpaired) electrons. The van der Waals surface area contributed by atoms with Crippen molar-refractivity contribution in [2.24, 2.45) is 0 Å². The third-order valence-electron chi connectivity index (χ3n) is 5.06. The summed E-state index contributed by atoms with van der Waals surface area (Å²) in [7, 11) is -2.20. The van der Waals surface area contributed by atoms with Crippen LogP contribution < -0.4 is 10.1 Å². The van der Waals surface area contributed by atoms with Gasteiger partial charge in [-0.05, 0) is 48.7 Å². The predicted molar refractivity (Wildman–Crippen MR) is 116 cm³/mol. The van der Waals surface area contributed by atoms with Crippen molar-refractivity contribution in [1.82, 2.24) is 4.31 Å². The molecule has 1 aliphatic rings. The number of unbranched alkanes of at least 4 members (excludes halogenated alkanes) is 1. The van der Waals surface area contributed by atoms with Crippen molar-refractivity contribution in [1.29, 1.82) is 0 Å². The Morgan fingerprint density at radius 2 is 1.83 bits per heavy atom. The Labute approximate surface area is 178 Å². The average Bonchev–Trinajstić information content (AvgIpc) is 2.78. The van der Waals surface area contributed by atoms with Gasteiger partial charge < -0.3 is 14.8 Å². The summed E-state index contributed by atoms with van der Waals surface area (Å²) >= 11 is 0. The molecule has 1 fully saturated rings. The molecule has 0 bridgehead atoms. The zero-order valence-electron chi connectivity index (χ0n) is 17.4. The Morgan fingerprint density at radius 3 is 2.47 bits per heavy atom. The molecular weight excluding hydrogens is 404 g/mol. The molecule has 1 N–H and O–H groups in total. The zero-order chi connectivity index (χ0) is 21.6. The molecule has 162 valence electrons. The van der Waals surface area contributed by atoms with Gasteiger partial charge in [-0.15, -0.1) is 0 Å². The largest absolute Gasteiger partial charge is 0.495 e. The van der Waals surface area contributed by atoms with Crippen molar-refractivity contribution in [3.05, 3.63) is 53.6 Å². The van der Waals surface area contributed by atoms with Crippen LogP contribution in [-0.4, -0.2) is 52.0 Å². The highest BCUT2D eigenvalue weighted by Gasteiger charge is 2.27. The van der Waals surface area contributed by atoms with E-state index in [-0.39, 0.29) is 10.8 Å². The van der Waals surface area contributed by atoms with Crippen molar-refractivity contribution in [2.45, 2.75) is 31.1 Å². The van der Waals surface area contributed by atoms with Gasteiger partial charge in [-0.3, -0.25) is 4.79 Å². The van der Waals surface area contributed by atoms with E-state index in [2.05, 4.69) is 12.2 Å². The van der Waals surface area contributed by atoms with E-state index in [1.54, 1.807) is 18.2 Å². The molecule has 2 aromatic rings. The number of benzene rings is 2. The van der Waals surface area contributed by atoms with Crippen molar-refractivity contribution < 1.29 is 22.7 Å². The lowest BCUT2D eigenvalue weighted by Crippen LogP contribution is -2.40. The van der Waals surface area contributed by atoms with Gasteiger partial charge in [0.25, 0.3) is 5.91 Å². The van der Waals surface area contributed by atoms with Gasteiger partial charge >= 0.3 is 0 Å². The number of rotatable bonds is 8. The molecule has 8 heteroatoms. The van der Waals surface area contributed by atoms with E-state index in [9.17, 15) is 13.2 Å². The first-order valence-corrected chi connectivity index (χ1v) is 11.6. The number of nitrogens with one attached hydrogen (secondary N) is 1. The minimum atomic E-state index is -3.68. The first-order chi connectivity index (χ1) is 14.5. The number of morpholine rings is 1. The van der Waals surface area contributed by atoms with Crippen LogP contribution in [0.5, 0.6) is 5.75 Å². The van der Waals surface area contributed by atoms with E-state index in [0.29, 0.717) is 43.3 Å². The summed E-state index contributed by atoms with van der Waals surface area (Å²) in [5.74, 6) is 0.0695. The summed E-state index contributed by atoms with van der Waals surface area (Å²) in [6, 6.07) is 11.9. The van der Waals surface area contributed by atoms with Gasteiger partial charge in [0, 0.05) is 18.7 Å². The molecule has 30 heavy (non-hydrogen) atoms. The maximum absolute atomic E-state index is 12.9. The van der Waals surface area contributed by atoms with Crippen LogP contribution in [0, 0.1) is 0 Å². The van der Waals surface area contributed by atoms with E-state index in [0.717, 1.165) is 19.3 Å². The standard InChI is InChI=1S/C22H28N2O5S/c1-3-4-5-17-6-8-18(9-7-17)22(25)23-20-16-19(10-11-21(20)28-2)30(26,27)24-12-14-29-15-13-24/h6-11,16H,3-5,12-15H2,1-2H3,(H,23,25). The highest BCUT2D eigenvalue weighted by atomic mass is 32.2. The number of aryl methyl sites for hydroxylation is 1. The number of sulfonamides is 1. The third kappa shape index (κ3) is 5.19. The second-order valence-electron chi connectivity index (χ2n) is 7.13. The minimum absolute atomic E-state index is 0.107. The number of hydrogen-bond donors (Lipinski definition) is 1. The molecule has 1 amide bonds. The second kappa shape index (κ2) is 10.1. The predicted octanol–water partition coefficient (Wildman–Crippen LogP) is 3.31. The van der Waals surface area contributed by atoms with Gasteiger partial charge in [0.15, 0.2) is 0 Å². The number of nitrogens with zero attached hydrogens (tertiary/aromatic N) is 1. The summed E-state index contributed by atoms with van der Waals surface area (Å²) in [5, 5.41) is 2.78. The van der Waals surface area contributed by atoms with Gasteiger partial charge in [0.05, 0.1) is 30.9 Å². The maximum atomic E-state index is 12.9. The molecular formula is C22H28N2O5S. The maximum Gasteiger partial charge on any atom is 0.255 e. The summed E-state index contributed by atoms with van der Waals surface area (Å²) < 4.78 is 37.8. The quantitative estimate of drug-likeness (QED) is 0.692. The van der Waals surface area contributed by atoms with E-state index in [1.807, 2.05) is 12.1 Å². The van der Waals surface area contributed by atoms with Crippen LogP contribution in [0.15, 0.2) is 47.4 Å². The molecule has 0 unspecified atom stereocenters. The molecule has 1 saturated heterocycles. The number of ether oxygens (including phenoxy) is 2. The normalized spacial score (nSPS) is 15.0. The number of amides is 1. The molecule has 2 aromatic carbocycles. The fourth-order valence-corrected chi connectivity index (χ4v) is 4.71. The highest BCUT2D eigenvalue weighted by molar-refractivity contribution is 7.89. The Balaban J connectivity index is 1.80. The van der Waals surface area contributed by atoms with Gasteiger partial charge in [-0.1, -0.05) is 25.5 Å². The highest BCUT2D eigenvalue weighted by Crippen LogP contribution is 2.29. The summed E-state index contributed by atoms with van der Waals surface area (Å²) in [5.41, 5.74) is 2.00. The van der Waals surface area contributed by atoms with Crippen LogP contribution in [0.3, 0.4) is 0 Å². The molecule has 0 aromatic heterocycles. The Morgan fingerprint density at radius 1 is 1.13 bits per heavy atom. The molecule has 0 atom stereocenters. The van der Waals surface area contributed by atoms with Crippen LogP contribution >= 0.6 is 0 Å². The van der Waals surface area contributed by atoms with Gasteiger partial charge in [-0.25, -0.2) is 8.42 Å². The van der Waals surface area contributed by atoms with Crippen molar-refractivity contribution in [2.75, 3.05) is 38.7 Å². The summed E-state index contributed by atoms with van der Waals surface area (Å²) in [6.07, 6.45) is 3.20. The van der Waals surface area contributed by atoms with E-state index in [1.165, 1.54) is 29.1 Å². The van der Waals surface area contributed by atoms with Gasteiger partial charge in [-0.2, -0.15) is 4.31 Å². The summed E-state index contributed by atoms with van der Waals surface area (Å²) in [4.78, 5) is 12.8. The summed E-state index contributed by atoms with van der Waals surface area (Å²) in [6.45, 7) is 3.49. The fraction of sp³-hybridized carbons (Fsp3) is 0.409. The lowest BCUT2D eigenvalue weighted by molar-refractivity contribution is 0.0730. The number of carbonyl (C=O) groups is 1. The first-order valence-electron chi connectivity index (χ1n) is 10.1. The van der Waals surface area contributed by atoms with Crippen molar-refractivity contribution in [3.8, 4) is 5.75 Å². The van der Waals surface area contributed by atoms with Crippen LogP contribution in [0.1, 0.15) is 35.7 Å². The number of carbonyl (C=O) groups excluding carboxylic acids is 1. The minimum Gasteiger partial charge on any atom is -0.495 e. The Hall–Kier alpha value is -2.42. The first kappa shape index (κ1) is 22.3. The number of methoxy groups -OCH3 is 1. The number of hydrogen-bond acceptors (Lipinski definition) is 5. The van der Waals surface area contributed by atoms with Crippen LogP contribution in [0.4, 0.5) is 5.69 Å². The second-order valence-corrected chi connectivity index (χ2v) is 9.07.